The normalized spacial score (nSPS) is 10.8. The van der Waals surface area contributed by atoms with Crippen LogP contribution in [-0.2, 0) is 0 Å². The third-order valence-electron chi connectivity index (χ3n) is 2.85. The van der Waals surface area contributed by atoms with E-state index in [-0.39, 0.29) is 10.6 Å². The molecule has 1 heterocycles. The van der Waals surface area contributed by atoms with E-state index < -0.39 is 0 Å². The van der Waals surface area contributed by atoms with Crippen molar-refractivity contribution in [3.8, 4) is 0 Å². The first-order valence-electron chi connectivity index (χ1n) is 5.78. The molecule has 2 aromatic rings. The number of rotatable bonds is 3. The molecule has 0 aliphatic rings. The Balaban J connectivity index is 2.39. The van der Waals surface area contributed by atoms with E-state index in [1.807, 2.05) is 12.1 Å². The van der Waals surface area contributed by atoms with Crippen molar-refractivity contribution in [1.82, 2.24) is 4.98 Å². The molecule has 0 saturated carbocycles. The molecule has 0 radical (unpaired) electrons. The van der Waals surface area contributed by atoms with Crippen LogP contribution in [0.25, 0.3) is 0 Å². The van der Waals surface area contributed by atoms with Crippen molar-refractivity contribution in [2.24, 2.45) is 4.99 Å². The second kappa shape index (κ2) is 5.39. The van der Waals surface area contributed by atoms with Gasteiger partial charge in [-0.25, -0.2) is 0 Å². The van der Waals surface area contributed by atoms with E-state index in [2.05, 4.69) is 9.98 Å². The first kappa shape index (κ1) is 12.9. The topological polar surface area (TPSA) is 68.4 Å². The first-order valence-corrected chi connectivity index (χ1v) is 5.78. The molecule has 0 atom stereocenters. The van der Waals surface area contributed by atoms with Gasteiger partial charge in [-0.2, -0.15) is 0 Å². The van der Waals surface area contributed by atoms with Gasteiger partial charge in [0.25, 0.3) is 5.69 Å². The van der Waals surface area contributed by atoms with Crippen molar-refractivity contribution in [2.45, 2.75) is 13.8 Å². The van der Waals surface area contributed by atoms with Crippen molar-refractivity contribution in [1.29, 1.82) is 0 Å². The minimum atomic E-state index is -0.365. The summed E-state index contributed by atoms with van der Waals surface area (Å²) in [5.41, 5.74) is 2.86. The highest BCUT2D eigenvalue weighted by molar-refractivity contribution is 5.82. The molecule has 0 amide bonds. The summed E-state index contributed by atoms with van der Waals surface area (Å²) in [6.45, 7) is 3.44. The fourth-order valence-electron chi connectivity index (χ4n) is 1.84. The van der Waals surface area contributed by atoms with Gasteiger partial charge in [-0.1, -0.05) is 6.07 Å². The minimum absolute atomic E-state index is 0.129. The third-order valence-corrected chi connectivity index (χ3v) is 2.85. The van der Waals surface area contributed by atoms with E-state index in [0.717, 1.165) is 5.56 Å². The van der Waals surface area contributed by atoms with Crippen molar-refractivity contribution in [3.63, 3.8) is 0 Å². The highest BCUT2D eigenvalue weighted by Gasteiger charge is 2.16. The Kier molecular flexibility index (Phi) is 3.66. The van der Waals surface area contributed by atoms with Gasteiger partial charge in [0.2, 0.25) is 0 Å². The second-order valence-electron chi connectivity index (χ2n) is 4.17. The summed E-state index contributed by atoms with van der Waals surface area (Å²) < 4.78 is 0. The van der Waals surface area contributed by atoms with Crippen LogP contribution in [-0.4, -0.2) is 16.1 Å². The van der Waals surface area contributed by atoms with Crippen molar-refractivity contribution >= 4 is 17.6 Å². The zero-order chi connectivity index (χ0) is 13.8. The molecular formula is C14H13N3O2. The lowest BCUT2D eigenvalue weighted by molar-refractivity contribution is -0.386. The summed E-state index contributed by atoms with van der Waals surface area (Å²) in [6, 6.07) is 7.14. The molecule has 0 saturated heterocycles. The predicted octanol–water partition coefficient (Wildman–Crippen LogP) is 3.36. The van der Waals surface area contributed by atoms with Crippen LogP contribution >= 0.6 is 0 Å². The number of aliphatic imine (C=N–C) groups is 1. The number of aryl methyl sites for hydroxylation is 1. The van der Waals surface area contributed by atoms with Crippen molar-refractivity contribution in [2.75, 3.05) is 0 Å². The number of benzene rings is 1. The Hall–Kier alpha value is -2.56. The predicted molar refractivity (Wildman–Crippen MR) is 74.1 cm³/mol. The van der Waals surface area contributed by atoms with Gasteiger partial charge in [-0.05, 0) is 37.6 Å². The summed E-state index contributed by atoms with van der Waals surface area (Å²) in [7, 11) is 0. The molecule has 1 aromatic carbocycles. The van der Waals surface area contributed by atoms with E-state index in [1.54, 1.807) is 44.6 Å². The molecule has 0 spiro atoms. The molecule has 0 aliphatic carbocycles. The average Bonchev–Trinajstić information content (AvgIpc) is 2.38. The summed E-state index contributed by atoms with van der Waals surface area (Å²) in [6.07, 6.45) is 5.01. The van der Waals surface area contributed by atoms with Gasteiger partial charge in [0.15, 0.2) is 0 Å². The Morgan fingerprint density at radius 1 is 1.21 bits per heavy atom. The van der Waals surface area contributed by atoms with Crippen LogP contribution in [0.2, 0.25) is 0 Å². The molecule has 5 heteroatoms. The molecule has 0 aliphatic heterocycles. The summed E-state index contributed by atoms with van der Waals surface area (Å²) in [5, 5.41) is 11.0. The van der Waals surface area contributed by atoms with Gasteiger partial charge in [-0.15, -0.1) is 0 Å². The molecule has 19 heavy (non-hydrogen) atoms. The largest absolute Gasteiger partial charge is 0.277 e. The van der Waals surface area contributed by atoms with Crippen LogP contribution in [0.1, 0.15) is 16.7 Å². The van der Waals surface area contributed by atoms with Gasteiger partial charge in [-0.3, -0.25) is 20.1 Å². The van der Waals surface area contributed by atoms with Gasteiger partial charge in [0, 0.05) is 24.2 Å². The maximum atomic E-state index is 11.0. The molecule has 0 fully saturated rings. The van der Waals surface area contributed by atoms with E-state index in [0.29, 0.717) is 16.8 Å². The van der Waals surface area contributed by atoms with Crippen LogP contribution in [0.4, 0.5) is 11.4 Å². The monoisotopic (exact) mass is 255 g/mol. The highest BCUT2D eigenvalue weighted by atomic mass is 16.6. The number of nitrogens with zero attached hydrogens (tertiary/aromatic N) is 3. The third kappa shape index (κ3) is 2.82. The Morgan fingerprint density at radius 2 is 1.89 bits per heavy atom. The van der Waals surface area contributed by atoms with E-state index in [4.69, 9.17) is 0 Å². The molecule has 96 valence electrons. The number of aromatic nitrogens is 1. The molecule has 0 unspecified atom stereocenters. The molecule has 2 rings (SSSR count). The molecule has 0 N–H and O–H groups in total. The lowest BCUT2D eigenvalue weighted by atomic mass is 10.1. The molecule has 1 aromatic heterocycles. The van der Waals surface area contributed by atoms with E-state index in [9.17, 15) is 10.1 Å². The van der Waals surface area contributed by atoms with Gasteiger partial charge in [0.1, 0.15) is 0 Å². The first-order chi connectivity index (χ1) is 9.09. The second-order valence-corrected chi connectivity index (χ2v) is 4.17. The Labute approximate surface area is 110 Å². The summed E-state index contributed by atoms with van der Waals surface area (Å²) in [4.78, 5) is 18.9. The maximum absolute atomic E-state index is 11.0. The smallest absolute Gasteiger partial charge is 0.265 e. The number of hydrogen-bond donors (Lipinski definition) is 0. The van der Waals surface area contributed by atoms with Crippen LogP contribution in [0.15, 0.2) is 41.7 Å². The van der Waals surface area contributed by atoms with Crippen LogP contribution < -0.4 is 0 Å². The molecule has 0 bridgehead atoms. The van der Waals surface area contributed by atoms with Crippen LogP contribution in [0.3, 0.4) is 0 Å². The minimum Gasteiger partial charge on any atom is -0.265 e. The lowest BCUT2D eigenvalue weighted by Crippen LogP contribution is -1.95. The van der Waals surface area contributed by atoms with Crippen LogP contribution in [0, 0.1) is 24.0 Å². The number of pyridine rings is 1. The zero-order valence-corrected chi connectivity index (χ0v) is 10.7. The molecule has 5 nitrogen and oxygen atoms in total. The Bertz CT molecular complexity index is 637. The highest BCUT2D eigenvalue weighted by Crippen LogP contribution is 2.30. The SMILES string of the molecule is Cc1ccc(N=Cc2ccncc2)c(C)c1[N+](=O)[O-]. The van der Waals surface area contributed by atoms with Gasteiger partial charge >= 0.3 is 0 Å². The van der Waals surface area contributed by atoms with Gasteiger partial charge in [0.05, 0.1) is 16.2 Å². The fourth-order valence-corrected chi connectivity index (χ4v) is 1.84. The van der Waals surface area contributed by atoms with Gasteiger partial charge < -0.3 is 0 Å². The van der Waals surface area contributed by atoms with E-state index >= 15 is 0 Å². The Morgan fingerprint density at radius 3 is 2.53 bits per heavy atom. The summed E-state index contributed by atoms with van der Waals surface area (Å²) >= 11 is 0. The summed E-state index contributed by atoms with van der Waals surface area (Å²) in [5.74, 6) is 0. The zero-order valence-electron chi connectivity index (χ0n) is 10.7. The quantitative estimate of drug-likeness (QED) is 0.479. The standard InChI is InChI=1S/C14H13N3O2/c1-10-3-4-13(11(2)14(10)17(18)19)16-9-12-5-7-15-8-6-12/h3-9H,1-2H3. The van der Waals surface area contributed by atoms with Crippen LogP contribution in [0.5, 0.6) is 0 Å². The maximum Gasteiger partial charge on any atom is 0.277 e. The fraction of sp³-hybridized carbons (Fsp3) is 0.143. The lowest BCUT2D eigenvalue weighted by Gasteiger charge is -2.04. The average molecular weight is 255 g/mol. The van der Waals surface area contributed by atoms with Crippen molar-refractivity contribution < 1.29 is 4.92 Å². The van der Waals surface area contributed by atoms with E-state index in [1.165, 1.54) is 0 Å². The number of hydrogen-bond acceptors (Lipinski definition) is 4. The molecular weight excluding hydrogens is 242 g/mol. The van der Waals surface area contributed by atoms with Crippen molar-refractivity contribution in [3.05, 3.63) is 63.5 Å². The number of nitro groups is 1. The number of nitro benzene ring substituents is 1.